The molecule has 2 rings (SSSR count). The molecule has 2 unspecified atom stereocenters. The molecular weight excluding hydrogens is 242 g/mol. The number of hydrogen-bond acceptors (Lipinski definition) is 4. The number of benzene rings is 1. The maximum absolute atomic E-state index is 12.1. The molecule has 0 aliphatic carbocycles. The first-order valence-corrected chi connectivity index (χ1v) is 6.68. The predicted molar refractivity (Wildman–Crippen MR) is 74.0 cm³/mol. The van der Waals surface area contributed by atoms with Gasteiger partial charge in [-0.1, -0.05) is 6.07 Å². The normalized spacial score (nSPS) is 27.0. The molecule has 2 N–H and O–H groups in total. The van der Waals surface area contributed by atoms with E-state index in [-0.39, 0.29) is 24.3 Å². The first kappa shape index (κ1) is 13.9. The fraction of sp³-hybridized carbons (Fsp3) is 0.533. The van der Waals surface area contributed by atoms with E-state index in [1.165, 1.54) is 0 Å². The summed E-state index contributed by atoms with van der Waals surface area (Å²) in [6.07, 6.45) is 1.68. The van der Waals surface area contributed by atoms with Crippen molar-refractivity contribution >= 4 is 11.7 Å². The Bertz CT molecular complexity index is 462. The summed E-state index contributed by atoms with van der Waals surface area (Å²) in [6, 6.07) is 5.26. The fourth-order valence-electron chi connectivity index (χ4n) is 2.43. The second-order valence-electron chi connectivity index (χ2n) is 5.33. The Hall–Kier alpha value is -1.55. The lowest BCUT2D eigenvalue weighted by Gasteiger charge is -2.31. The monoisotopic (exact) mass is 263 g/mol. The van der Waals surface area contributed by atoms with Crippen molar-refractivity contribution in [3.63, 3.8) is 0 Å². The van der Waals surface area contributed by atoms with Crippen LogP contribution in [0.5, 0.6) is 0 Å². The Kier molecular flexibility index (Phi) is 4.10. The molecule has 1 heterocycles. The van der Waals surface area contributed by atoms with Crippen molar-refractivity contribution in [3.8, 4) is 0 Å². The largest absolute Gasteiger partial charge is 0.459 e. The van der Waals surface area contributed by atoms with Gasteiger partial charge in [-0.25, -0.2) is 4.79 Å². The molecule has 4 heteroatoms. The Labute approximate surface area is 113 Å². The maximum Gasteiger partial charge on any atom is 0.338 e. The summed E-state index contributed by atoms with van der Waals surface area (Å²) in [5.74, 6) is -0.307. The summed E-state index contributed by atoms with van der Waals surface area (Å²) in [5, 5.41) is 0. The van der Waals surface area contributed by atoms with Crippen LogP contribution in [0.2, 0.25) is 0 Å². The minimum atomic E-state index is -0.307. The minimum absolute atomic E-state index is 0.0752. The molecule has 19 heavy (non-hydrogen) atoms. The molecule has 0 spiro atoms. The smallest absolute Gasteiger partial charge is 0.338 e. The van der Waals surface area contributed by atoms with Gasteiger partial charge in [0, 0.05) is 18.5 Å². The molecule has 0 bridgehead atoms. The predicted octanol–water partition coefficient (Wildman–Crippen LogP) is 2.69. The van der Waals surface area contributed by atoms with Crippen molar-refractivity contribution in [2.75, 3.05) is 5.73 Å². The molecule has 4 nitrogen and oxygen atoms in total. The highest BCUT2D eigenvalue weighted by molar-refractivity contribution is 5.90. The third kappa shape index (κ3) is 3.47. The second kappa shape index (κ2) is 5.61. The summed E-state index contributed by atoms with van der Waals surface area (Å²) in [5.41, 5.74) is 7.89. The van der Waals surface area contributed by atoms with Crippen LogP contribution in [0.15, 0.2) is 18.2 Å². The van der Waals surface area contributed by atoms with Gasteiger partial charge in [0.15, 0.2) is 0 Å². The average molecular weight is 263 g/mol. The van der Waals surface area contributed by atoms with E-state index in [0.29, 0.717) is 11.3 Å². The molecule has 0 saturated carbocycles. The highest BCUT2D eigenvalue weighted by Gasteiger charge is 2.27. The van der Waals surface area contributed by atoms with E-state index >= 15 is 0 Å². The van der Waals surface area contributed by atoms with Gasteiger partial charge in [-0.15, -0.1) is 0 Å². The molecule has 1 aliphatic rings. The SMILES string of the molecule is Cc1ccc(C(=O)OC2CC(C)OC(C)C2)cc1N. The van der Waals surface area contributed by atoms with Crippen LogP contribution in [-0.2, 0) is 9.47 Å². The van der Waals surface area contributed by atoms with Crippen molar-refractivity contribution < 1.29 is 14.3 Å². The van der Waals surface area contributed by atoms with Gasteiger partial charge in [0.1, 0.15) is 6.10 Å². The van der Waals surface area contributed by atoms with E-state index in [1.54, 1.807) is 12.1 Å². The first-order chi connectivity index (χ1) is 8.95. The van der Waals surface area contributed by atoms with E-state index in [2.05, 4.69) is 0 Å². The molecule has 1 fully saturated rings. The summed E-state index contributed by atoms with van der Waals surface area (Å²) in [4.78, 5) is 12.1. The van der Waals surface area contributed by atoms with Crippen LogP contribution in [0, 0.1) is 6.92 Å². The molecule has 1 aromatic rings. The zero-order chi connectivity index (χ0) is 14.0. The van der Waals surface area contributed by atoms with Gasteiger partial charge < -0.3 is 15.2 Å². The highest BCUT2D eigenvalue weighted by Crippen LogP contribution is 2.23. The van der Waals surface area contributed by atoms with Crippen LogP contribution in [0.25, 0.3) is 0 Å². The molecule has 0 radical (unpaired) electrons. The number of carbonyl (C=O) groups is 1. The Balaban J connectivity index is 2.02. The van der Waals surface area contributed by atoms with Crippen LogP contribution in [0.3, 0.4) is 0 Å². The van der Waals surface area contributed by atoms with Gasteiger partial charge in [-0.05, 0) is 38.5 Å². The minimum Gasteiger partial charge on any atom is -0.459 e. The number of nitrogen functional groups attached to an aromatic ring is 1. The Morgan fingerprint density at radius 2 is 1.95 bits per heavy atom. The van der Waals surface area contributed by atoms with Crippen LogP contribution >= 0.6 is 0 Å². The van der Waals surface area contributed by atoms with Gasteiger partial charge in [0.05, 0.1) is 17.8 Å². The van der Waals surface area contributed by atoms with Crippen molar-refractivity contribution in [2.45, 2.75) is 51.9 Å². The lowest BCUT2D eigenvalue weighted by Crippen LogP contribution is -2.35. The van der Waals surface area contributed by atoms with Crippen molar-refractivity contribution in [2.24, 2.45) is 0 Å². The quantitative estimate of drug-likeness (QED) is 0.658. The molecule has 0 aromatic heterocycles. The third-order valence-corrected chi connectivity index (χ3v) is 3.44. The summed E-state index contributed by atoms with van der Waals surface area (Å²) >= 11 is 0. The van der Waals surface area contributed by atoms with Crippen LogP contribution in [0.4, 0.5) is 5.69 Å². The molecule has 104 valence electrons. The number of aryl methyl sites for hydroxylation is 1. The lowest BCUT2D eigenvalue weighted by atomic mass is 10.0. The molecular formula is C15H21NO3. The summed E-state index contributed by atoms with van der Waals surface area (Å²) in [6.45, 7) is 5.91. The van der Waals surface area contributed by atoms with E-state index in [0.717, 1.165) is 18.4 Å². The second-order valence-corrected chi connectivity index (χ2v) is 5.33. The van der Waals surface area contributed by atoms with Crippen LogP contribution < -0.4 is 5.73 Å². The number of esters is 1. The summed E-state index contributed by atoms with van der Waals surface area (Å²) in [7, 11) is 0. The van der Waals surface area contributed by atoms with Crippen molar-refractivity contribution in [1.82, 2.24) is 0 Å². The summed E-state index contributed by atoms with van der Waals surface area (Å²) < 4.78 is 11.2. The zero-order valence-corrected chi connectivity index (χ0v) is 11.7. The Morgan fingerprint density at radius 3 is 2.53 bits per heavy atom. The number of anilines is 1. The number of hydrogen-bond donors (Lipinski definition) is 1. The number of carbonyl (C=O) groups excluding carboxylic acids is 1. The topological polar surface area (TPSA) is 61.5 Å². The van der Waals surface area contributed by atoms with Crippen LogP contribution in [0.1, 0.15) is 42.6 Å². The molecule has 1 saturated heterocycles. The molecule has 0 amide bonds. The maximum atomic E-state index is 12.1. The Morgan fingerprint density at radius 1 is 1.32 bits per heavy atom. The number of nitrogens with two attached hydrogens (primary N) is 1. The zero-order valence-electron chi connectivity index (χ0n) is 11.7. The van der Waals surface area contributed by atoms with Gasteiger partial charge in [-0.2, -0.15) is 0 Å². The standard InChI is InChI=1S/C15H21NO3/c1-9-4-5-12(8-14(9)16)15(17)19-13-6-10(2)18-11(3)7-13/h4-5,8,10-11,13H,6-7,16H2,1-3H3. The van der Waals surface area contributed by atoms with Crippen LogP contribution in [-0.4, -0.2) is 24.3 Å². The number of ether oxygens (including phenoxy) is 2. The van der Waals surface area contributed by atoms with Gasteiger partial charge in [0.2, 0.25) is 0 Å². The lowest BCUT2D eigenvalue weighted by molar-refractivity contribution is -0.0855. The van der Waals surface area contributed by atoms with Gasteiger partial charge in [-0.3, -0.25) is 0 Å². The van der Waals surface area contributed by atoms with Gasteiger partial charge >= 0.3 is 5.97 Å². The van der Waals surface area contributed by atoms with E-state index in [1.807, 2.05) is 26.8 Å². The average Bonchev–Trinajstić information content (AvgIpc) is 2.31. The number of rotatable bonds is 2. The fourth-order valence-corrected chi connectivity index (χ4v) is 2.43. The highest BCUT2D eigenvalue weighted by atomic mass is 16.6. The first-order valence-electron chi connectivity index (χ1n) is 6.68. The van der Waals surface area contributed by atoms with E-state index < -0.39 is 0 Å². The molecule has 1 aliphatic heterocycles. The molecule has 1 aromatic carbocycles. The van der Waals surface area contributed by atoms with Crippen molar-refractivity contribution in [1.29, 1.82) is 0 Å². The van der Waals surface area contributed by atoms with E-state index in [4.69, 9.17) is 15.2 Å². The molecule has 2 atom stereocenters. The third-order valence-electron chi connectivity index (χ3n) is 3.44. The van der Waals surface area contributed by atoms with Crippen molar-refractivity contribution in [3.05, 3.63) is 29.3 Å². The van der Waals surface area contributed by atoms with E-state index in [9.17, 15) is 4.79 Å². The van der Waals surface area contributed by atoms with Gasteiger partial charge in [0.25, 0.3) is 0 Å².